The number of carbonyl (C=O) groups is 2. The number of benzene rings is 2. The van der Waals surface area contributed by atoms with Crippen LogP contribution in [0.4, 0.5) is 0 Å². The molecule has 0 saturated heterocycles. The van der Waals surface area contributed by atoms with Crippen molar-refractivity contribution in [1.29, 1.82) is 0 Å². The molecule has 0 N–H and O–H groups in total. The van der Waals surface area contributed by atoms with Crippen LogP contribution in [0.1, 0.15) is 41.5 Å². The van der Waals surface area contributed by atoms with Crippen LogP contribution in [0.15, 0.2) is 47.3 Å². The Kier molecular flexibility index (Phi) is 6.20. The molecule has 32 heavy (non-hydrogen) atoms. The van der Waals surface area contributed by atoms with Gasteiger partial charge in [0.25, 0.3) is 5.56 Å². The largest absolute Gasteiger partial charge is 0.497 e. The van der Waals surface area contributed by atoms with Crippen molar-refractivity contribution in [3.8, 4) is 11.5 Å². The fourth-order valence-corrected chi connectivity index (χ4v) is 3.62. The van der Waals surface area contributed by atoms with Gasteiger partial charge in [-0.2, -0.15) is 0 Å². The molecule has 3 aromatic rings. The number of methoxy groups -OCH3 is 2. The molecule has 4 rings (SSSR count). The van der Waals surface area contributed by atoms with E-state index in [1.165, 1.54) is 14.2 Å². The van der Waals surface area contributed by atoms with Gasteiger partial charge in [-0.3, -0.25) is 19.0 Å². The molecular formula is C24H24N2O6. The fraction of sp³-hybridized carbons (Fsp3) is 0.333. The van der Waals surface area contributed by atoms with Gasteiger partial charge in [0, 0.05) is 12.5 Å². The Labute approximate surface area is 184 Å². The number of Topliss-reactive ketones (excluding diaryl/α,β-unsaturated/α-hetero) is 1. The molecule has 0 atom stereocenters. The number of ketones is 1. The van der Waals surface area contributed by atoms with Crippen LogP contribution >= 0.6 is 0 Å². The summed E-state index contributed by atoms with van der Waals surface area (Å²) in [5.74, 6) is 0.508. The van der Waals surface area contributed by atoms with Crippen molar-refractivity contribution in [2.75, 3.05) is 20.8 Å². The third kappa shape index (κ3) is 4.49. The second-order valence-corrected chi connectivity index (χ2v) is 7.60. The van der Waals surface area contributed by atoms with Crippen LogP contribution in [-0.2, 0) is 16.0 Å². The molecule has 1 aromatic heterocycles. The van der Waals surface area contributed by atoms with Crippen molar-refractivity contribution in [2.45, 2.75) is 31.7 Å². The number of rotatable bonds is 9. The molecule has 0 aliphatic heterocycles. The summed E-state index contributed by atoms with van der Waals surface area (Å²) in [6.07, 6.45) is 2.12. The lowest BCUT2D eigenvalue weighted by molar-refractivity contribution is -0.142. The third-order valence-electron chi connectivity index (χ3n) is 5.42. The second-order valence-electron chi connectivity index (χ2n) is 7.60. The maximum absolute atomic E-state index is 12.9. The Bertz CT molecular complexity index is 1230. The Morgan fingerprint density at radius 3 is 2.59 bits per heavy atom. The van der Waals surface area contributed by atoms with Gasteiger partial charge in [-0.15, -0.1) is 0 Å². The van der Waals surface area contributed by atoms with Gasteiger partial charge in [-0.1, -0.05) is 12.1 Å². The maximum atomic E-state index is 12.9. The molecular weight excluding hydrogens is 412 g/mol. The number of hydrogen-bond donors (Lipinski definition) is 0. The first-order valence-corrected chi connectivity index (χ1v) is 10.4. The number of aromatic nitrogens is 2. The molecule has 2 aromatic carbocycles. The number of fused-ring (bicyclic) bond motifs is 1. The maximum Gasteiger partial charge on any atom is 0.306 e. The normalized spacial score (nSPS) is 13.1. The van der Waals surface area contributed by atoms with E-state index in [0.29, 0.717) is 28.2 Å². The first-order chi connectivity index (χ1) is 15.5. The zero-order chi connectivity index (χ0) is 22.7. The predicted molar refractivity (Wildman–Crippen MR) is 117 cm³/mol. The second kappa shape index (κ2) is 9.21. The highest BCUT2D eigenvalue weighted by Gasteiger charge is 2.28. The highest BCUT2D eigenvalue weighted by molar-refractivity contribution is 6.00. The summed E-state index contributed by atoms with van der Waals surface area (Å²) in [7, 11) is 2.96. The van der Waals surface area contributed by atoms with Crippen LogP contribution in [0.2, 0.25) is 0 Å². The molecule has 1 aliphatic carbocycles. The van der Waals surface area contributed by atoms with E-state index in [-0.39, 0.29) is 30.0 Å². The molecule has 0 bridgehead atoms. The Balaban J connectivity index is 1.43. The molecule has 166 valence electrons. The van der Waals surface area contributed by atoms with Crippen molar-refractivity contribution >= 4 is 22.7 Å². The lowest BCUT2D eigenvalue weighted by Gasteiger charge is -2.13. The number of para-hydroxylation sites is 1. The summed E-state index contributed by atoms with van der Waals surface area (Å²) in [4.78, 5) is 42.4. The average Bonchev–Trinajstić information content (AvgIpc) is 3.65. The molecule has 0 amide bonds. The van der Waals surface area contributed by atoms with Crippen molar-refractivity contribution in [2.24, 2.45) is 0 Å². The summed E-state index contributed by atoms with van der Waals surface area (Å²) in [6, 6.07) is 12.2. The van der Waals surface area contributed by atoms with Crippen LogP contribution in [0.3, 0.4) is 0 Å². The van der Waals surface area contributed by atoms with Gasteiger partial charge in [0.15, 0.2) is 6.61 Å². The minimum absolute atomic E-state index is 0.0139. The van der Waals surface area contributed by atoms with Gasteiger partial charge in [-0.25, -0.2) is 4.98 Å². The average molecular weight is 436 g/mol. The standard InChI is InChI=1S/C24H24N2O6/c1-30-16-9-10-21(31-2)18(13-16)20(27)14-32-23(28)12-11-22-25-19-6-4-3-5-17(19)24(29)26(22)15-7-8-15/h3-6,9-10,13,15H,7-8,11-12,14H2,1-2H3. The van der Waals surface area contributed by atoms with Crippen molar-refractivity contribution in [1.82, 2.24) is 9.55 Å². The minimum atomic E-state index is -0.537. The fourth-order valence-electron chi connectivity index (χ4n) is 3.62. The van der Waals surface area contributed by atoms with Crippen LogP contribution in [0.5, 0.6) is 11.5 Å². The van der Waals surface area contributed by atoms with E-state index in [1.807, 2.05) is 12.1 Å². The topological polar surface area (TPSA) is 96.7 Å². The Morgan fingerprint density at radius 2 is 1.88 bits per heavy atom. The monoisotopic (exact) mass is 436 g/mol. The van der Waals surface area contributed by atoms with E-state index in [2.05, 4.69) is 4.98 Å². The number of nitrogens with zero attached hydrogens (tertiary/aromatic N) is 2. The molecule has 1 aliphatic rings. The quantitative estimate of drug-likeness (QED) is 0.376. The molecule has 1 heterocycles. The first kappa shape index (κ1) is 21.5. The van der Waals surface area contributed by atoms with Crippen molar-refractivity contribution in [3.05, 3.63) is 64.2 Å². The lowest BCUT2D eigenvalue weighted by atomic mass is 10.1. The van der Waals surface area contributed by atoms with Gasteiger partial charge >= 0.3 is 5.97 Å². The van der Waals surface area contributed by atoms with Crippen LogP contribution in [0, 0.1) is 0 Å². The van der Waals surface area contributed by atoms with E-state index in [4.69, 9.17) is 14.2 Å². The molecule has 0 spiro atoms. The van der Waals surface area contributed by atoms with E-state index < -0.39 is 18.4 Å². The molecule has 0 radical (unpaired) electrons. The van der Waals surface area contributed by atoms with Crippen LogP contribution in [0.25, 0.3) is 10.9 Å². The zero-order valence-electron chi connectivity index (χ0n) is 18.0. The van der Waals surface area contributed by atoms with Crippen LogP contribution < -0.4 is 15.0 Å². The number of hydrogen-bond acceptors (Lipinski definition) is 7. The van der Waals surface area contributed by atoms with Gasteiger partial charge in [0.05, 0.1) is 37.1 Å². The van der Waals surface area contributed by atoms with Crippen LogP contribution in [-0.4, -0.2) is 42.1 Å². The smallest absolute Gasteiger partial charge is 0.306 e. The molecule has 8 heteroatoms. The highest BCUT2D eigenvalue weighted by atomic mass is 16.5. The number of aryl methyl sites for hydroxylation is 1. The summed E-state index contributed by atoms with van der Waals surface area (Å²) in [6.45, 7) is -0.414. The lowest BCUT2D eigenvalue weighted by Crippen LogP contribution is -2.25. The number of carbonyl (C=O) groups excluding carboxylic acids is 2. The van der Waals surface area contributed by atoms with Crippen molar-refractivity contribution < 1.29 is 23.8 Å². The molecule has 1 saturated carbocycles. The van der Waals surface area contributed by atoms with Gasteiger partial charge in [-0.05, 0) is 43.2 Å². The molecule has 1 fully saturated rings. The third-order valence-corrected chi connectivity index (χ3v) is 5.42. The van der Waals surface area contributed by atoms with E-state index >= 15 is 0 Å². The van der Waals surface area contributed by atoms with Gasteiger partial charge in [0.1, 0.15) is 17.3 Å². The van der Waals surface area contributed by atoms with Gasteiger partial charge in [0.2, 0.25) is 5.78 Å². The van der Waals surface area contributed by atoms with E-state index in [0.717, 1.165) is 12.8 Å². The summed E-state index contributed by atoms with van der Waals surface area (Å²) in [5.41, 5.74) is 0.804. The molecule has 8 nitrogen and oxygen atoms in total. The zero-order valence-corrected chi connectivity index (χ0v) is 18.0. The summed E-state index contributed by atoms with van der Waals surface area (Å²) in [5, 5.41) is 0.573. The van der Waals surface area contributed by atoms with Crippen molar-refractivity contribution in [3.63, 3.8) is 0 Å². The summed E-state index contributed by atoms with van der Waals surface area (Å²) < 4.78 is 17.2. The number of ether oxygens (including phenoxy) is 3. The summed E-state index contributed by atoms with van der Waals surface area (Å²) >= 11 is 0. The Hall–Kier alpha value is -3.68. The number of esters is 1. The van der Waals surface area contributed by atoms with E-state index in [9.17, 15) is 14.4 Å². The minimum Gasteiger partial charge on any atom is -0.497 e. The van der Waals surface area contributed by atoms with E-state index in [1.54, 1.807) is 34.9 Å². The SMILES string of the molecule is COc1ccc(OC)c(C(=O)COC(=O)CCc2nc3ccccc3c(=O)n2C2CC2)c1. The first-order valence-electron chi connectivity index (χ1n) is 10.4. The highest BCUT2D eigenvalue weighted by Crippen LogP contribution is 2.35. The predicted octanol–water partition coefficient (Wildman–Crippen LogP) is 3.11. The Morgan fingerprint density at radius 1 is 1.09 bits per heavy atom. The molecule has 0 unspecified atom stereocenters. The van der Waals surface area contributed by atoms with Gasteiger partial charge < -0.3 is 14.2 Å².